The summed E-state index contributed by atoms with van der Waals surface area (Å²) in [5.74, 6) is -1.31. The van der Waals surface area contributed by atoms with E-state index in [0.29, 0.717) is 0 Å². The SMILES string of the molecule is C=C(/C=C\CC(C)C(F)(F)F)N(CC)CCNC. The molecule has 0 radical (unpaired) electrons. The van der Waals surface area contributed by atoms with Crippen LogP contribution in [0.5, 0.6) is 0 Å². The van der Waals surface area contributed by atoms with Gasteiger partial charge in [-0.3, -0.25) is 0 Å². The highest BCUT2D eigenvalue weighted by atomic mass is 19.4. The first-order valence-corrected chi connectivity index (χ1v) is 6.14. The van der Waals surface area contributed by atoms with Crippen molar-refractivity contribution in [1.82, 2.24) is 10.2 Å². The third kappa shape index (κ3) is 6.69. The second kappa shape index (κ2) is 8.19. The number of halogens is 3. The summed E-state index contributed by atoms with van der Waals surface area (Å²) < 4.78 is 36.9. The van der Waals surface area contributed by atoms with E-state index < -0.39 is 12.1 Å². The number of nitrogens with zero attached hydrogens (tertiary/aromatic N) is 1. The minimum Gasteiger partial charge on any atom is -0.371 e. The number of hydrogen-bond donors (Lipinski definition) is 1. The summed E-state index contributed by atoms with van der Waals surface area (Å²) >= 11 is 0. The van der Waals surface area contributed by atoms with E-state index in [9.17, 15) is 13.2 Å². The van der Waals surface area contributed by atoms with E-state index in [4.69, 9.17) is 0 Å². The van der Waals surface area contributed by atoms with E-state index in [1.54, 1.807) is 12.2 Å². The molecule has 0 amide bonds. The molecule has 18 heavy (non-hydrogen) atoms. The molecule has 0 aliphatic carbocycles. The molecule has 2 nitrogen and oxygen atoms in total. The Bertz CT molecular complexity index is 272. The minimum atomic E-state index is -4.12. The lowest BCUT2D eigenvalue weighted by Gasteiger charge is -2.23. The Labute approximate surface area is 108 Å². The molecule has 1 unspecified atom stereocenters. The molecule has 0 bridgehead atoms. The van der Waals surface area contributed by atoms with Crippen molar-refractivity contribution in [2.75, 3.05) is 26.7 Å². The molecular weight excluding hydrogens is 241 g/mol. The largest absolute Gasteiger partial charge is 0.391 e. The molecule has 0 aromatic carbocycles. The normalized spacial score (nSPS) is 13.9. The Balaban J connectivity index is 4.20. The van der Waals surface area contributed by atoms with Crippen molar-refractivity contribution in [3.05, 3.63) is 24.4 Å². The van der Waals surface area contributed by atoms with Crippen LogP contribution >= 0.6 is 0 Å². The highest BCUT2D eigenvalue weighted by Crippen LogP contribution is 2.28. The van der Waals surface area contributed by atoms with Crippen LogP contribution < -0.4 is 5.32 Å². The maximum absolute atomic E-state index is 12.3. The number of likely N-dealkylation sites (N-methyl/N-ethyl adjacent to an activating group) is 2. The van der Waals surface area contributed by atoms with E-state index in [-0.39, 0.29) is 6.42 Å². The molecule has 0 rings (SSSR count). The van der Waals surface area contributed by atoms with Gasteiger partial charge < -0.3 is 10.2 Å². The summed E-state index contributed by atoms with van der Waals surface area (Å²) in [5.41, 5.74) is 0.752. The van der Waals surface area contributed by atoms with Gasteiger partial charge in [-0.05, 0) is 26.5 Å². The molecule has 0 aliphatic heterocycles. The summed E-state index contributed by atoms with van der Waals surface area (Å²) in [4.78, 5) is 2.02. The van der Waals surface area contributed by atoms with Gasteiger partial charge in [0, 0.05) is 25.3 Å². The van der Waals surface area contributed by atoms with Crippen molar-refractivity contribution in [2.45, 2.75) is 26.4 Å². The first-order valence-electron chi connectivity index (χ1n) is 6.14. The molecule has 106 valence electrons. The van der Waals surface area contributed by atoms with Crippen molar-refractivity contribution in [2.24, 2.45) is 5.92 Å². The lowest BCUT2D eigenvalue weighted by Crippen LogP contribution is -2.29. The van der Waals surface area contributed by atoms with Crippen LogP contribution in [0, 0.1) is 5.92 Å². The van der Waals surface area contributed by atoms with Crippen LogP contribution in [0.4, 0.5) is 13.2 Å². The third-order valence-electron chi connectivity index (χ3n) is 2.78. The maximum Gasteiger partial charge on any atom is 0.391 e. The van der Waals surface area contributed by atoms with Crippen molar-refractivity contribution in [3.8, 4) is 0 Å². The molecule has 0 saturated heterocycles. The van der Waals surface area contributed by atoms with Crippen molar-refractivity contribution >= 4 is 0 Å². The van der Waals surface area contributed by atoms with Gasteiger partial charge in [0.15, 0.2) is 0 Å². The number of allylic oxidation sites excluding steroid dienone is 2. The van der Waals surface area contributed by atoms with Crippen molar-refractivity contribution in [1.29, 1.82) is 0 Å². The fourth-order valence-electron chi connectivity index (χ4n) is 1.40. The topological polar surface area (TPSA) is 15.3 Å². The fraction of sp³-hybridized carbons (Fsp3) is 0.692. The van der Waals surface area contributed by atoms with E-state index in [1.807, 2.05) is 18.9 Å². The number of rotatable bonds is 8. The Morgan fingerprint density at radius 2 is 2.06 bits per heavy atom. The molecular formula is C13H23F3N2. The van der Waals surface area contributed by atoms with E-state index in [1.165, 1.54) is 6.92 Å². The number of nitrogens with one attached hydrogen (secondary N) is 1. The van der Waals surface area contributed by atoms with Crippen LogP contribution in [0.15, 0.2) is 24.4 Å². The van der Waals surface area contributed by atoms with Crippen LogP contribution in [0.1, 0.15) is 20.3 Å². The monoisotopic (exact) mass is 264 g/mol. The zero-order valence-corrected chi connectivity index (χ0v) is 11.3. The molecule has 0 fully saturated rings. The minimum absolute atomic E-state index is 0.00784. The first kappa shape index (κ1) is 17.0. The zero-order chi connectivity index (χ0) is 14.2. The average Bonchev–Trinajstić information content (AvgIpc) is 2.28. The summed E-state index contributed by atoms with van der Waals surface area (Å²) in [6.07, 6.45) is -0.918. The van der Waals surface area contributed by atoms with Gasteiger partial charge in [-0.1, -0.05) is 19.6 Å². The van der Waals surface area contributed by atoms with E-state index in [0.717, 1.165) is 25.3 Å². The lowest BCUT2D eigenvalue weighted by atomic mass is 10.1. The Morgan fingerprint density at radius 3 is 2.50 bits per heavy atom. The molecule has 0 spiro atoms. The number of alkyl halides is 3. The summed E-state index contributed by atoms with van der Waals surface area (Å²) in [6, 6.07) is 0. The van der Waals surface area contributed by atoms with Gasteiger partial charge in [-0.25, -0.2) is 0 Å². The molecule has 1 atom stereocenters. The van der Waals surface area contributed by atoms with Gasteiger partial charge in [0.05, 0.1) is 5.92 Å². The fourth-order valence-corrected chi connectivity index (χ4v) is 1.40. The van der Waals surface area contributed by atoms with Crippen LogP contribution in [0.3, 0.4) is 0 Å². The van der Waals surface area contributed by atoms with Crippen LogP contribution in [0.25, 0.3) is 0 Å². The van der Waals surface area contributed by atoms with Crippen LogP contribution in [-0.4, -0.2) is 37.8 Å². The lowest BCUT2D eigenvalue weighted by molar-refractivity contribution is -0.168. The van der Waals surface area contributed by atoms with Gasteiger partial charge in [0.2, 0.25) is 0 Å². The summed E-state index contributed by atoms with van der Waals surface area (Å²) in [6.45, 7) is 9.45. The second-order valence-corrected chi connectivity index (χ2v) is 4.26. The maximum atomic E-state index is 12.3. The van der Waals surface area contributed by atoms with Gasteiger partial charge in [0.1, 0.15) is 0 Å². The molecule has 0 heterocycles. The quantitative estimate of drug-likeness (QED) is 0.677. The van der Waals surface area contributed by atoms with E-state index >= 15 is 0 Å². The molecule has 0 aromatic heterocycles. The van der Waals surface area contributed by atoms with Gasteiger partial charge in [0.25, 0.3) is 0 Å². The predicted octanol–water partition coefficient (Wildman–Crippen LogP) is 3.19. The van der Waals surface area contributed by atoms with E-state index in [2.05, 4.69) is 11.9 Å². The van der Waals surface area contributed by atoms with Crippen LogP contribution in [0.2, 0.25) is 0 Å². The molecule has 0 aromatic rings. The Morgan fingerprint density at radius 1 is 1.44 bits per heavy atom. The average molecular weight is 264 g/mol. The molecule has 0 aliphatic rings. The van der Waals surface area contributed by atoms with Gasteiger partial charge in [-0.2, -0.15) is 13.2 Å². The first-order chi connectivity index (χ1) is 8.32. The Hall–Kier alpha value is -0.970. The number of hydrogen-bond acceptors (Lipinski definition) is 2. The second-order valence-electron chi connectivity index (χ2n) is 4.26. The zero-order valence-electron chi connectivity index (χ0n) is 11.3. The summed E-state index contributed by atoms with van der Waals surface area (Å²) in [7, 11) is 1.86. The Kier molecular flexibility index (Phi) is 7.75. The molecule has 0 saturated carbocycles. The van der Waals surface area contributed by atoms with Gasteiger partial charge >= 0.3 is 6.18 Å². The molecule has 1 N–H and O–H groups in total. The standard InChI is InChI=1S/C13H23F3N2/c1-5-18(10-9-17-4)12(3)8-6-7-11(2)13(14,15)16/h6,8,11,17H,3,5,7,9-10H2,1-2,4H3/b8-6-. The van der Waals surface area contributed by atoms with Gasteiger partial charge in [-0.15, -0.1) is 0 Å². The van der Waals surface area contributed by atoms with Crippen molar-refractivity contribution < 1.29 is 13.2 Å². The van der Waals surface area contributed by atoms with Crippen molar-refractivity contribution in [3.63, 3.8) is 0 Å². The van der Waals surface area contributed by atoms with Crippen LogP contribution in [-0.2, 0) is 0 Å². The smallest absolute Gasteiger partial charge is 0.371 e. The summed E-state index contributed by atoms with van der Waals surface area (Å²) in [5, 5.41) is 3.03. The predicted molar refractivity (Wildman–Crippen MR) is 69.3 cm³/mol. The third-order valence-corrected chi connectivity index (χ3v) is 2.78. The highest BCUT2D eigenvalue weighted by Gasteiger charge is 2.34. The highest BCUT2D eigenvalue weighted by molar-refractivity contribution is 5.13. The molecule has 5 heteroatoms.